The first-order valence-electron chi connectivity index (χ1n) is 7.72. The Hall–Kier alpha value is -2.01. The third kappa shape index (κ3) is 2.95. The van der Waals surface area contributed by atoms with Crippen molar-refractivity contribution in [1.29, 1.82) is 0 Å². The highest BCUT2D eigenvalue weighted by Gasteiger charge is 2.32. The average molecular weight is 301 g/mol. The van der Waals surface area contributed by atoms with Crippen LogP contribution in [-0.4, -0.2) is 41.2 Å². The van der Waals surface area contributed by atoms with E-state index in [0.717, 1.165) is 29.6 Å². The number of rotatable bonds is 1. The Bertz CT molecular complexity index is 672. The van der Waals surface area contributed by atoms with Gasteiger partial charge in [-0.15, -0.1) is 0 Å². The monoisotopic (exact) mass is 301 g/mol. The van der Waals surface area contributed by atoms with E-state index in [1.165, 1.54) is 0 Å². The van der Waals surface area contributed by atoms with Crippen LogP contribution in [0.25, 0.3) is 10.9 Å². The van der Waals surface area contributed by atoms with Gasteiger partial charge in [-0.05, 0) is 26.8 Å². The molecule has 1 aliphatic rings. The molecular weight excluding hydrogens is 278 g/mol. The molecule has 0 radical (unpaired) electrons. The fourth-order valence-corrected chi connectivity index (χ4v) is 2.89. The normalized spacial score (nSPS) is 19.4. The summed E-state index contributed by atoms with van der Waals surface area (Å²) in [6.07, 6.45) is 1.75. The van der Waals surface area contributed by atoms with Crippen molar-refractivity contribution < 1.29 is 9.53 Å². The van der Waals surface area contributed by atoms with Gasteiger partial charge in [-0.25, -0.2) is 4.79 Å². The van der Waals surface area contributed by atoms with Crippen LogP contribution >= 0.6 is 0 Å². The second-order valence-corrected chi connectivity index (χ2v) is 6.68. The average Bonchev–Trinajstić information content (AvgIpc) is 2.89. The lowest BCUT2D eigenvalue weighted by atomic mass is 10.0. The number of para-hydroxylation sites is 1. The Labute approximate surface area is 130 Å². The summed E-state index contributed by atoms with van der Waals surface area (Å²) >= 11 is 0. The van der Waals surface area contributed by atoms with Crippen molar-refractivity contribution in [1.82, 2.24) is 15.2 Å². The van der Waals surface area contributed by atoms with E-state index in [9.17, 15) is 4.79 Å². The van der Waals surface area contributed by atoms with Crippen molar-refractivity contribution in [3.63, 3.8) is 0 Å². The Morgan fingerprint density at radius 2 is 2.09 bits per heavy atom. The molecule has 5 nitrogen and oxygen atoms in total. The molecule has 2 N–H and O–H groups in total. The molecule has 1 aliphatic heterocycles. The molecule has 2 aromatic rings. The molecule has 1 fully saturated rings. The van der Waals surface area contributed by atoms with Crippen LogP contribution in [0, 0.1) is 0 Å². The predicted octanol–water partition coefficient (Wildman–Crippen LogP) is 3.05. The number of carbonyl (C=O) groups is 1. The van der Waals surface area contributed by atoms with Crippen molar-refractivity contribution in [3.05, 3.63) is 36.0 Å². The first kappa shape index (κ1) is 14.9. The quantitative estimate of drug-likeness (QED) is 0.851. The number of H-pyrrole nitrogens is 1. The molecule has 1 saturated heterocycles. The molecule has 5 heteroatoms. The molecule has 22 heavy (non-hydrogen) atoms. The van der Waals surface area contributed by atoms with Gasteiger partial charge in [0.05, 0.1) is 6.04 Å². The van der Waals surface area contributed by atoms with Crippen LogP contribution in [0.1, 0.15) is 32.4 Å². The molecule has 1 amide bonds. The van der Waals surface area contributed by atoms with Crippen molar-refractivity contribution in [2.75, 3.05) is 19.6 Å². The molecule has 0 spiro atoms. The first-order valence-corrected chi connectivity index (χ1v) is 7.72. The highest BCUT2D eigenvalue weighted by atomic mass is 16.6. The van der Waals surface area contributed by atoms with Crippen molar-refractivity contribution in [2.45, 2.75) is 32.4 Å². The standard InChI is InChI=1S/C17H23N3O2/c1-17(2,3)22-16(21)20-9-8-18-11-15(20)13-10-19-14-7-5-4-6-12(13)14/h4-7,10,15,18-19H,8-9,11H2,1-3H3. The topological polar surface area (TPSA) is 57.4 Å². The summed E-state index contributed by atoms with van der Waals surface area (Å²) in [7, 11) is 0. The van der Waals surface area contributed by atoms with Gasteiger partial charge in [-0.3, -0.25) is 4.90 Å². The number of nitrogens with one attached hydrogen (secondary N) is 2. The maximum atomic E-state index is 12.5. The summed E-state index contributed by atoms with van der Waals surface area (Å²) < 4.78 is 5.57. The molecule has 2 heterocycles. The summed E-state index contributed by atoms with van der Waals surface area (Å²) in [5.74, 6) is 0. The fourth-order valence-electron chi connectivity index (χ4n) is 2.89. The van der Waals surface area contributed by atoms with Gasteiger partial charge in [0.25, 0.3) is 0 Å². The lowest BCUT2D eigenvalue weighted by Crippen LogP contribution is -2.50. The van der Waals surface area contributed by atoms with Crippen LogP contribution in [0.3, 0.4) is 0 Å². The van der Waals surface area contributed by atoms with Crippen LogP contribution in [-0.2, 0) is 4.74 Å². The van der Waals surface area contributed by atoms with E-state index in [4.69, 9.17) is 4.74 Å². The third-order valence-electron chi connectivity index (χ3n) is 3.85. The van der Waals surface area contributed by atoms with E-state index in [0.29, 0.717) is 6.54 Å². The van der Waals surface area contributed by atoms with Crippen LogP contribution < -0.4 is 5.32 Å². The zero-order valence-electron chi connectivity index (χ0n) is 13.3. The Kier molecular flexibility index (Phi) is 3.83. The fraction of sp³-hybridized carbons (Fsp3) is 0.471. The Balaban J connectivity index is 1.91. The zero-order valence-corrected chi connectivity index (χ0v) is 13.3. The number of amides is 1. The number of benzene rings is 1. The Morgan fingerprint density at radius 3 is 2.86 bits per heavy atom. The molecule has 0 saturated carbocycles. The van der Waals surface area contributed by atoms with E-state index in [1.807, 2.05) is 50.1 Å². The Morgan fingerprint density at radius 1 is 1.32 bits per heavy atom. The summed E-state index contributed by atoms with van der Waals surface area (Å²) in [6, 6.07) is 8.15. The minimum absolute atomic E-state index is 0.0141. The van der Waals surface area contributed by atoms with E-state index in [1.54, 1.807) is 0 Å². The van der Waals surface area contributed by atoms with Gasteiger partial charge in [0.2, 0.25) is 0 Å². The summed E-state index contributed by atoms with van der Waals surface area (Å²) in [4.78, 5) is 17.6. The van der Waals surface area contributed by atoms with E-state index in [2.05, 4.69) is 16.4 Å². The smallest absolute Gasteiger partial charge is 0.410 e. The summed E-state index contributed by atoms with van der Waals surface area (Å²) in [5, 5.41) is 4.53. The SMILES string of the molecule is CC(C)(C)OC(=O)N1CCNCC1c1c[nH]c2ccccc12. The number of piperazine rings is 1. The predicted molar refractivity (Wildman–Crippen MR) is 86.8 cm³/mol. The maximum absolute atomic E-state index is 12.5. The van der Waals surface area contributed by atoms with Gasteiger partial charge in [0, 0.05) is 42.3 Å². The first-order chi connectivity index (χ1) is 10.5. The summed E-state index contributed by atoms with van der Waals surface area (Å²) in [5.41, 5.74) is 1.74. The second-order valence-electron chi connectivity index (χ2n) is 6.68. The molecule has 3 rings (SSSR count). The van der Waals surface area contributed by atoms with E-state index >= 15 is 0 Å². The molecule has 1 aromatic heterocycles. The van der Waals surface area contributed by atoms with Gasteiger partial charge < -0.3 is 15.0 Å². The molecule has 1 aromatic carbocycles. The summed E-state index contributed by atoms with van der Waals surface area (Å²) in [6.45, 7) is 7.87. The van der Waals surface area contributed by atoms with Gasteiger partial charge >= 0.3 is 6.09 Å². The van der Waals surface area contributed by atoms with Crippen LogP contribution in [0.5, 0.6) is 0 Å². The second kappa shape index (κ2) is 5.65. The van der Waals surface area contributed by atoms with Crippen LogP contribution in [0.2, 0.25) is 0 Å². The number of hydrogen-bond acceptors (Lipinski definition) is 3. The number of ether oxygens (including phenoxy) is 1. The molecule has 1 unspecified atom stereocenters. The maximum Gasteiger partial charge on any atom is 0.410 e. The number of nitrogens with zero attached hydrogens (tertiary/aromatic N) is 1. The number of carbonyl (C=O) groups excluding carboxylic acids is 1. The minimum atomic E-state index is -0.479. The third-order valence-corrected chi connectivity index (χ3v) is 3.85. The number of aromatic amines is 1. The van der Waals surface area contributed by atoms with Crippen molar-refractivity contribution in [3.8, 4) is 0 Å². The van der Waals surface area contributed by atoms with Crippen LogP contribution in [0.4, 0.5) is 4.79 Å². The van der Waals surface area contributed by atoms with Gasteiger partial charge in [-0.1, -0.05) is 18.2 Å². The lowest BCUT2D eigenvalue weighted by Gasteiger charge is -2.37. The van der Waals surface area contributed by atoms with E-state index < -0.39 is 5.60 Å². The van der Waals surface area contributed by atoms with Crippen LogP contribution in [0.15, 0.2) is 30.5 Å². The molecule has 0 aliphatic carbocycles. The minimum Gasteiger partial charge on any atom is -0.444 e. The van der Waals surface area contributed by atoms with Crippen molar-refractivity contribution in [2.24, 2.45) is 0 Å². The highest BCUT2D eigenvalue weighted by Crippen LogP contribution is 2.30. The van der Waals surface area contributed by atoms with Gasteiger partial charge in [-0.2, -0.15) is 0 Å². The molecule has 1 atom stereocenters. The van der Waals surface area contributed by atoms with Gasteiger partial charge in [0.1, 0.15) is 5.60 Å². The molecule has 118 valence electrons. The number of fused-ring (bicyclic) bond motifs is 1. The van der Waals surface area contributed by atoms with E-state index in [-0.39, 0.29) is 12.1 Å². The van der Waals surface area contributed by atoms with Crippen molar-refractivity contribution >= 4 is 17.0 Å². The molecular formula is C17H23N3O2. The number of hydrogen-bond donors (Lipinski definition) is 2. The zero-order chi connectivity index (χ0) is 15.7. The number of aromatic nitrogens is 1. The lowest BCUT2D eigenvalue weighted by molar-refractivity contribution is 0.0119. The highest BCUT2D eigenvalue weighted by molar-refractivity contribution is 5.84. The largest absolute Gasteiger partial charge is 0.444 e. The molecule has 0 bridgehead atoms. The van der Waals surface area contributed by atoms with Gasteiger partial charge in [0.15, 0.2) is 0 Å².